The number of H-pyrrole nitrogens is 1. The van der Waals surface area contributed by atoms with Crippen molar-refractivity contribution in [2.75, 3.05) is 0 Å². The summed E-state index contributed by atoms with van der Waals surface area (Å²) in [4.78, 5) is 8.05. The fourth-order valence-corrected chi connectivity index (χ4v) is 2.90. The molecule has 0 saturated carbocycles. The molecule has 24 heavy (non-hydrogen) atoms. The van der Waals surface area contributed by atoms with Gasteiger partial charge in [-0.25, -0.2) is 4.98 Å². The van der Waals surface area contributed by atoms with E-state index in [1.807, 2.05) is 30.3 Å². The molecular formula is C20H20N4. The monoisotopic (exact) mass is 316 g/mol. The first kappa shape index (κ1) is 14.7. The molecule has 0 aliphatic heterocycles. The number of hydrogen-bond donors (Lipinski definition) is 1. The van der Waals surface area contributed by atoms with Crippen molar-refractivity contribution in [1.29, 1.82) is 0 Å². The second-order valence-electron chi connectivity index (χ2n) is 6.97. The quantitative estimate of drug-likeness (QED) is 0.574. The maximum Gasteiger partial charge on any atom is 0.159 e. The average Bonchev–Trinajstić information content (AvgIpc) is 3.19. The standard InChI is InChI=1S/C20H20N4/c1-20(2,3)24-18(14-9-5-4-6-10-14)13-17(23-24)19-21-15-11-7-8-12-16(15)22-19/h4-13H,1-3H3,(H,21,22). The van der Waals surface area contributed by atoms with Gasteiger partial charge in [0.05, 0.1) is 22.3 Å². The van der Waals surface area contributed by atoms with Gasteiger partial charge in [0.1, 0.15) is 5.69 Å². The van der Waals surface area contributed by atoms with E-state index in [1.165, 1.54) is 0 Å². The number of imidazole rings is 1. The Labute approximate surface area is 141 Å². The van der Waals surface area contributed by atoms with Crippen LogP contribution < -0.4 is 0 Å². The van der Waals surface area contributed by atoms with Gasteiger partial charge in [-0.05, 0) is 44.5 Å². The van der Waals surface area contributed by atoms with Crippen molar-refractivity contribution in [2.45, 2.75) is 26.3 Å². The number of aromatic nitrogens is 4. The lowest BCUT2D eigenvalue weighted by atomic mass is 10.1. The third-order valence-corrected chi connectivity index (χ3v) is 4.05. The lowest BCUT2D eigenvalue weighted by molar-refractivity contribution is 0.361. The molecule has 0 atom stereocenters. The summed E-state index contributed by atoms with van der Waals surface area (Å²) in [6, 6.07) is 20.5. The zero-order valence-corrected chi connectivity index (χ0v) is 14.1. The Bertz CT molecular complexity index is 954. The summed E-state index contributed by atoms with van der Waals surface area (Å²) in [5.74, 6) is 0.802. The van der Waals surface area contributed by atoms with Crippen LogP contribution in [-0.4, -0.2) is 19.7 Å². The van der Waals surface area contributed by atoms with Crippen molar-refractivity contribution in [3.8, 4) is 22.8 Å². The van der Waals surface area contributed by atoms with Gasteiger partial charge in [0.15, 0.2) is 5.82 Å². The minimum Gasteiger partial charge on any atom is -0.337 e. The van der Waals surface area contributed by atoms with Crippen LogP contribution in [0.4, 0.5) is 0 Å². The summed E-state index contributed by atoms with van der Waals surface area (Å²) in [5.41, 5.74) is 4.98. The van der Waals surface area contributed by atoms with Crippen molar-refractivity contribution in [2.24, 2.45) is 0 Å². The second-order valence-corrected chi connectivity index (χ2v) is 6.97. The van der Waals surface area contributed by atoms with E-state index < -0.39 is 0 Å². The smallest absolute Gasteiger partial charge is 0.159 e. The van der Waals surface area contributed by atoms with E-state index in [1.54, 1.807) is 0 Å². The average molecular weight is 316 g/mol. The van der Waals surface area contributed by atoms with Crippen LogP contribution in [0.15, 0.2) is 60.7 Å². The number of benzene rings is 2. The lowest BCUT2D eigenvalue weighted by Gasteiger charge is -2.22. The van der Waals surface area contributed by atoms with Crippen LogP contribution in [0.5, 0.6) is 0 Å². The van der Waals surface area contributed by atoms with Gasteiger partial charge in [0.25, 0.3) is 0 Å². The largest absolute Gasteiger partial charge is 0.337 e. The zero-order valence-electron chi connectivity index (χ0n) is 14.1. The van der Waals surface area contributed by atoms with Crippen LogP contribution in [0.25, 0.3) is 33.8 Å². The van der Waals surface area contributed by atoms with Crippen molar-refractivity contribution < 1.29 is 0 Å². The number of fused-ring (bicyclic) bond motifs is 1. The number of nitrogens with one attached hydrogen (secondary N) is 1. The summed E-state index contributed by atoms with van der Waals surface area (Å²) in [6.07, 6.45) is 0. The molecule has 4 rings (SSSR count). The van der Waals surface area contributed by atoms with Crippen LogP contribution >= 0.6 is 0 Å². The van der Waals surface area contributed by atoms with E-state index in [2.05, 4.69) is 65.8 Å². The van der Waals surface area contributed by atoms with Gasteiger partial charge in [-0.1, -0.05) is 42.5 Å². The zero-order chi connectivity index (χ0) is 16.7. The Morgan fingerprint density at radius 3 is 2.33 bits per heavy atom. The van der Waals surface area contributed by atoms with Gasteiger partial charge >= 0.3 is 0 Å². The molecule has 0 fully saturated rings. The SMILES string of the molecule is CC(C)(C)n1nc(-c2nc3ccccc3[nH]2)cc1-c1ccccc1. The Morgan fingerprint density at radius 2 is 1.62 bits per heavy atom. The van der Waals surface area contributed by atoms with E-state index in [-0.39, 0.29) is 5.54 Å². The highest BCUT2D eigenvalue weighted by molar-refractivity contribution is 5.79. The van der Waals surface area contributed by atoms with Crippen LogP contribution in [0, 0.1) is 0 Å². The topological polar surface area (TPSA) is 46.5 Å². The second kappa shape index (κ2) is 5.34. The van der Waals surface area contributed by atoms with E-state index in [4.69, 9.17) is 5.10 Å². The highest BCUT2D eigenvalue weighted by Gasteiger charge is 2.22. The molecule has 0 radical (unpaired) electrons. The minimum atomic E-state index is -0.116. The molecule has 4 nitrogen and oxygen atoms in total. The Balaban J connectivity index is 1.89. The van der Waals surface area contributed by atoms with E-state index >= 15 is 0 Å². The maximum atomic E-state index is 4.85. The van der Waals surface area contributed by atoms with Crippen LogP contribution in [0.2, 0.25) is 0 Å². The van der Waals surface area contributed by atoms with E-state index in [0.717, 1.165) is 33.8 Å². The fraction of sp³-hybridized carbons (Fsp3) is 0.200. The first-order valence-corrected chi connectivity index (χ1v) is 8.13. The molecular weight excluding hydrogens is 296 g/mol. The Hall–Kier alpha value is -2.88. The number of aromatic amines is 1. The molecule has 0 bridgehead atoms. The molecule has 2 aromatic carbocycles. The fourth-order valence-electron chi connectivity index (χ4n) is 2.90. The van der Waals surface area contributed by atoms with Crippen molar-refractivity contribution in [3.63, 3.8) is 0 Å². The summed E-state index contributed by atoms with van der Waals surface area (Å²) >= 11 is 0. The predicted molar refractivity (Wildman–Crippen MR) is 97.7 cm³/mol. The summed E-state index contributed by atoms with van der Waals surface area (Å²) < 4.78 is 2.07. The molecule has 1 N–H and O–H groups in total. The van der Waals surface area contributed by atoms with Crippen LogP contribution in [0.1, 0.15) is 20.8 Å². The predicted octanol–water partition coefficient (Wildman–Crippen LogP) is 4.85. The molecule has 4 aromatic rings. The van der Waals surface area contributed by atoms with Crippen molar-refractivity contribution in [1.82, 2.24) is 19.7 Å². The molecule has 2 aromatic heterocycles. The number of hydrogen-bond acceptors (Lipinski definition) is 2. The number of nitrogens with zero attached hydrogens (tertiary/aromatic N) is 3. The Morgan fingerprint density at radius 1 is 0.917 bits per heavy atom. The van der Waals surface area contributed by atoms with Crippen molar-refractivity contribution >= 4 is 11.0 Å². The van der Waals surface area contributed by atoms with E-state index in [9.17, 15) is 0 Å². The van der Waals surface area contributed by atoms with Crippen LogP contribution in [0.3, 0.4) is 0 Å². The highest BCUT2D eigenvalue weighted by atomic mass is 15.3. The van der Waals surface area contributed by atoms with E-state index in [0.29, 0.717) is 0 Å². The van der Waals surface area contributed by atoms with Gasteiger partial charge in [0, 0.05) is 0 Å². The number of rotatable bonds is 2. The molecule has 0 aliphatic carbocycles. The molecule has 0 unspecified atom stereocenters. The molecule has 2 heterocycles. The van der Waals surface area contributed by atoms with Gasteiger partial charge in [-0.15, -0.1) is 0 Å². The third-order valence-electron chi connectivity index (χ3n) is 4.05. The molecule has 0 aliphatic rings. The first-order chi connectivity index (χ1) is 11.5. The minimum absolute atomic E-state index is 0.116. The third kappa shape index (κ3) is 2.50. The lowest BCUT2D eigenvalue weighted by Crippen LogP contribution is -2.24. The van der Waals surface area contributed by atoms with Gasteiger partial charge in [-0.2, -0.15) is 5.10 Å². The van der Waals surface area contributed by atoms with Gasteiger partial charge < -0.3 is 4.98 Å². The normalized spacial score (nSPS) is 12.0. The maximum absolute atomic E-state index is 4.85. The Kier molecular flexibility index (Phi) is 3.27. The molecule has 0 spiro atoms. The van der Waals surface area contributed by atoms with Crippen molar-refractivity contribution in [3.05, 3.63) is 60.7 Å². The molecule has 0 amide bonds. The highest BCUT2D eigenvalue weighted by Crippen LogP contribution is 2.30. The number of para-hydroxylation sites is 2. The first-order valence-electron chi connectivity index (χ1n) is 8.13. The molecule has 120 valence electrons. The molecule has 4 heteroatoms. The van der Waals surface area contributed by atoms with Gasteiger partial charge in [0.2, 0.25) is 0 Å². The summed E-state index contributed by atoms with van der Waals surface area (Å²) in [5, 5.41) is 4.85. The van der Waals surface area contributed by atoms with Gasteiger partial charge in [-0.3, -0.25) is 4.68 Å². The summed E-state index contributed by atoms with van der Waals surface area (Å²) in [7, 11) is 0. The molecule has 0 saturated heterocycles. The van der Waals surface area contributed by atoms with Crippen LogP contribution in [-0.2, 0) is 5.54 Å². The summed E-state index contributed by atoms with van der Waals surface area (Å²) in [6.45, 7) is 6.48.